The van der Waals surface area contributed by atoms with Crippen LogP contribution in [0.2, 0.25) is 0 Å². The van der Waals surface area contributed by atoms with Crippen molar-refractivity contribution in [3.05, 3.63) is 47.2 Å². The molecule has 0 fully saturated rings. The zero-order valence-electron chi connectivity index (χ0n) is 12.4. The molecule has 9 heteroatoms. The van der Waals surface area contributed by atoms with Gasteiger partial charge in [0.25, 0.3) is 0 Å². The van der Waals surface area contributed by atoms with Crippen LogP contribution in [0, 0.1) is 0 Å². The maximum Gasteiger partial charge on any atom is 0.416 e. The zero-order chi connectivity index (χ0) is 17.1. The SMILES string of the molecule is CS(=O)(=O)N1CC=C(NOCc2cccc(C(F)(F)F)c2)CC1. The number of sulfonamides is 1. The lowest BCUT2D eigenvalue weighted by Gasteiger charge is -2.24. The molecule has 1 aliphatic heterocycles. The van der Waals surface area contributed by atoms with Gasteiger partial charge in [0.1, 0.15) is 0 Å². The van der Waals surface area contributed by atoms with E-state index < -0.39 is 21.8 Å². The number of nitrogens with zero attached hydrogens (tertiary/aromatic N) is 1. The van der Waals surface area contributed by atoms with E-state index in [1.54, 1.807) is 6.08 Å². The highest BCUT2D eigenvalue weighted by Crippen LogP contribution is 2.29. The molecule has 1 N–H and O–H groups in total. The van der Waals surface area contributed by atoms with Gasteiger partial charge in [-0.05, 0) is 23.8 Å². The minimum Gasteiger partial charge on any atom is -0.272 e. The molecular weight excluding hydrogens is 333 g/mol. The van der Waals surface area contributed by atoms with Gasteiger partial charge in [-0.15, -0.1) is 0 Å². The molecule has 0 aliphatic carbocycles. The van der Waals surface area contributed by atoms with Gasteiger partial charge in [0, 0.05) is 25.2 Å². The van der Waals surface area contributed by atoms with Crippen LogP contribution in [-0.4, -0.2) is 32.1 Å². The lowest BCUT2D eigenvalue weighted by molar-refractivity contribution is -0.137. The number of hydrogen-bond acceptors (Lipinski definition) is 4. The molecule has 1 aliphatic rings. The lowest BCUT2D eigenvalue weighted by atomic mass is 10.1. The van der Waals surface area contributed by atoms with Crippen molar-refractivity contribution in [3.8, 4) is 0 Å². The molecule has 1 aromatic rings. The molecule has 128 valence electrons. The maximum atomic E-state index is 12.6. The number of rotatable bonds is 5. The van der Waals surface area contributed by atoms with Gasteiger partial charge in [-0.25, -0.2) is 8.42 Å². The van der Waals surface area contributed by atoms with Crippen LogP contribution in [0.1, 0.15) is 17.5 Å². The first-order valence-electron chi connectivity index (χ1n) is 6.84. The Balaban J connectivity index is 1.86. The predicted octanol–water partition coefficient (Wildman–Crippen LogP) is 2.28. The van der Waals surface area contributed by atoms with Crippen LogP contribution in [0.5, 0.6) is 0 Å². The number of alkyl halides is 3. The minimum atomic E-state index is -4.38. The van der Waals surface area contributed by atoms with Crippen LogP contribution < -0.4 is 5.48 Å². The Bertz CT molecular complexity index is 687. The summed E-state index contributed by atoms with van der Waals surface area (Å²) >= 11 is 0. The van der Waals surface area contributed by atoms with Crippen molar-refractivity contribution in [1.82, 2.24) is 9.79 Å². The van der Waals surface area contributed by atoms with Gasteiger partial charge in [-0.1, -0.05) is 12.1 Å². The highest BCUT2D eigenvalue weighted by Gasteiger charge is 2.30. The van der Waals surface area contributed by atoms with E-state index in [2.05, 4.69) is 5.48 Å². The third-order valence-corrected chi connectivity index (χ3v) is 4.61. The average molecular weight is 350 g/mol. The molecule has 0 saturated heterocycles. The van der Waals surface area contributed by atoms with Crippen molar-refractivity contribution in [2.75, 3.05) is 19.3 Å². The number of benzene rings is 1. The van der Waals surface area contributed by atoms with Gasteiger partial charge in [-0.2, -0.15) is 17.5 Å². The molecule has 1 aromatic carbocycles. The van der Waals surface area contributed by atoms with Crippen LogP contribution in [-0.2, 0) is 27.6 Å². The fraction of sp³-hybridized carbons (Fsp3) is 0.429. The van der Waals surface area contributed by atoms with E-state index in [-0.39, 0.29) is 13.2 Å². The first-order chi connectivity index (χ1) is 10.7. The fourth-order valence-corrected chi connectivity index (χ4v) is 2.86. The molecule has 0 unspecified atom stereocenters. The summed E-state index contributed by atoms with van der Waals surface area (Å²) in [5.74, 6) is 0. The smallest absolute Gasteiger partial charge is 0.272 e. The van der Waals surface area contributed by atoms with E-state index >= 15 is 0 Å². The summed E-state index contributed by atoms with van der Waals surface area (Å²) in [6.07, 6.45) is -1.11. The Hall–Kier alpha value is -1.58. The van der Waals surface area contributed by atoms with E-state index in [9.17, 15) is 21.6 Å². The first kappa shape index (κ1) is 17.8. The highest BCUT2D eigenvalue weighted by molar-refractivity contribution is 7.88. The molecule has 1 heterocycles. The van der Waals surface area contributed by atoms with Crippen LogP contribution >= 0.6 is 0 Å². The molecule has 5 nitrogen and oxygen atoms in total. The molecule has 0 aromatic heterocycles. The van der Waals surface area contributed by atoms with Gasteiger partial charge in [0.2, 0.25) is 10.0 Å². The molecule has 0 radical (unpaired) electrons. The van der Waals surface area contributed by atoms with Crippen molar-refractivity contribution >= 4 is 10.0 Å². The van der Waals surface area contributed by atoms with Crippen LogP contribution in [0.3, 0.4) is 0 Å². The Morgan fingerprint density at radius 1 is 1.35 bits per heavy atom. The van der Waals surface area contributed by atoms with E-state index in [1.807, 2.05) is 0 Å². The third kappa shape index (κ3) is 5.22. The topological polar surface area (TPSA) is 58.6 Å². The van der Waals surface area contributed by atoms with Crippen molar-refractivity contribution in [3.63, 3.8) is 0 Å². The second-order valence-electron chi connectivity index (χ2n) is 5.19. The molecule has 2 rings (SSSR count). The van der Waals surface area contributed by atoms with E-state index in [4.69, 9.17) is 4.84 Å². The fourth-order valence-electron chi connectivity index (χ4n) is 2.09. The number of nitrogens with one attached hydrogen (secondary N) is 1. The van der Waals surface area contributed by atoms with Crippen molar-refractivity contribution in [1.29, 1.82) is 0 Å². The number of hydroxylamine groups is 1. The van der Waals surface area contributed by atoms with Crippen LogP contribution in [0.15, 0.2) is 36.0 Å². The Morgan fingerprint density at radius 2 is 2.09 bits per heavy atom. The maximum absolute atomic E-state index is 12.6. The Morgan fingerprint density at radius 3 is 2.65 bits per heavy atom. The van der Waals surface area contributed by atoms with Crippen LogP contribution in [0.4, 0.5) is 13.2 Å². The quantitative estimate of drug-likeness (QED) is 0.828. The number of halogens is 3. The van der Waals surface area contributed by atoms with Crippen molar-refractivity contribution in [2.45, 2.75) is 19.2 Å². The second kappa shape index (κ2) is 6.90. The first-order valence-corrected chi connectivity index (χ1v) is 8.69. The Labute approximate surface area is 132 Å². The molecule has 0 spiro atoms. The van der Waals surface area contributed by atoms with Gasteiger partial charge in [0.15, 0.2) is 0 Å². The standard InChI is InChI=1S/C14H17F3N2O3S/c1-23(20,21)19-7-5-13(6-8-19)18-22-10-11-3-2-4-12(9-11)14(15,16)17/h2-5,9,18H,6-8,10H2,1H3. The van der Waals surface area contributed by atoms with E-state index in [0.717, 1.165) is 18.4 Å². The normalized spacial score (nSPS) is 17.0. The Kier molecular flexibility index (Phi) is 5.33. The summed E-state index contributed by atoms with van der Waals surface area (Å²) in [7, 11) is -3.22. The highest BCUT2D eigenvalue weighted by atomic mass is 32.2. The van der Waals surface area contributed by atoms with Crippen molar-refractivity contribution < 1.29 is 26.4 Å². The summed E-state index contributed by atoms with van der Waals surface area (Å²) in [5, 5.41) is 0. The van der Waals surface area contributed by atoms with Gasteiger partial charge in [0.05, 0.1) is 18.4 Å². The minimum absolute atomic E-state index is 0.0307. The van der Waals surface area contributed by atoms with E-state index in [0.29, 0.717) is 24.2 Å². The lowest BCUT2D eigenvalue weighted by Crippen LogP contribution is -2.35. The summed E-state index contributed by atoms with van der Waals surface area (Å²) in [5.41, 5.74) is 3.03. The zero-order valence-corrected chi connectivity index (χ0v) is 13.2. The molecule has 0 bridgehead atoms. The summed E-state index contributed by atoms with van der Waals surface area (Å²) < 4.78 is 61.8. The van der Waals surface area contributed by atoms with Crippen molar-refractivity contribution in [2.24, 2.45) is 0 Å². The largest absolute Gasteiger partial charge is 0.416 e. The molecule has 0 amide bonds. The summed E-state index contributed by atoms with van der Waals surface area (Å²) in [6, 6.07) is 4.89. The summed E-state index contributed by atoms with van der Waals surface area (Å²) in [6.45, 7) is 0.551. The predicted molar refractivity (Wildman–Crippen MR) is 78.5 cm³/mol. The molecule has 23 heavy (non-hydrogen) atoms. The molecule has 0 atom stereocenters. The average Bonchev–Trinajstić information content (AvgIpc) is 2.46. The second-order valence-corrected chi connectivity index (χ2v) is 7.17. The van der Waals surface area contributed by atoms with Gasteiger partial charge >= 0.3 is 6.18 Å². The van der Waals surface area contributed by atoms with Gasteiger partial charge in [-0.3, -0.25) is 10.3 Å². The van der Waals surface area contributed by atoms with E-state index in [1.165, 1.54) is 16.4 Å². The monoisotopic (exact) mass is 350 g/mol. The van der Waals surface area contributed by atoms with Gasteiger partial charge < -0.3 is 0 Å². The third-order valence-electron chi connectivity index (χ3n) is 3.34. The molecular formula is C14H17F3N2O3S. The summed E-state index contributed by atoms with van der Waals surface area (Å²) in [4.78, 5) is 5.19. The van der Waals surface area contributed by atoms with Crippen LogP contribution in [0.25, 0.3) is 0 Å². The molecule has 0 saturated carbocycles. The number of hydrogen-bond donors (Lipinski definition) is 1.